The summed E-state index contributed by atoms with van der Waals surface area (Å²) in [5.41, 5.74) is 0.324. The quantitative estimate of drug-likeness (QED) is 0.575. The molecule has 3 rings (SSSR count). The molecule has 28 heavy (non-hydrogen) atoms. The lowest BCUT2D eigenvalue weighted by Gasteiger charge is -2.35. The molecular weight excluding hydrogens is 371 g/mol. The average Bonchev–Trinajstić information content (AvgIpc) is 2.69. The third kappa shape index (κ3) is 4.22. The van der Waals surface area contributed by atoms with E-state index in [0.29, 0.717) is 37.4 Å². The number of non-ortho nitro benzene ring substituents is 1. The fraction of sp³-hybridized carbons (Fsp3) is 0.278. The van der Waals surface area contributed by atoms with Crippen molar-refractivity contribution in [3.8, 4) is 0 Å². The summed E-state index contributed by atoms with van der Waals surface area (Å²) in [5, 5.41) is 22.2. The summed E-state index contributed by atoms with van der Waals surface area (Å²) in [6.45, 7) is 1.48. The van der Waals surface area contributed by atoms with Crippen LogP contribution in [0.15, 0.2) is 42.5 Å². The van der Waals surface area contributed by atoms with Crippen LogP contribution >= 0.6 is 0 Å². The first-order chi connectivity index (χ1) is 13.3. The first-order valence-corrected chi connectivity index (χ1v) is 8.55. The second-order valence-electron chi connectivity index (χ2n) is 6.36. The number of nitrogens with zero attached hydrogens (tertiary/aromatic N) is 4. The summed E-state index contributed by atoms with van der Waals surface area (Å²) in [7, 11) is 0. The van der Waals surface area contributed by atoms with E-state index in [9.17, 15) is 29.4 Å². The molecule has 1 amide bonds. The van der Waals surface area contributed by atoms with Crippen molar-refractivity contribution < 1.29 is 19.0 Å². The number of amides is 1. The minimum Gasteiger partial charge on any atom is -0.362 e. The standard InChI is InChI=1S/C18H17FN4O5/c19-14-3-1-13(2-4-14)11-18(24)21-9-7-20(8-10-21)16-6-5-15(22(25)26)12-17(16)23(27)28/h1-6,12H,7-11H2. The van der Waals surface area contributed by atoms with Gasteiger partial charge in [0, 0.05) is 32.2 Å². The molecule has 1 aliphatic rings. The van der Waals surface area contributed by atoms with E-state index in [4.69, 9.17) is 0 Å². The molecular formula is C18H17FN4O5. The molecule has 0 saturated carbocycles. The van der Waals surface area contributed by atoms with Crippen molar-refractivity contribution in [2.45, 2.75) is 6.42 Å². The van der Waals surface area contributed by atoms with Gasteiger partial charge in [0.2, 0.25) is 5.91 Å². The number of hydrogen-bond acceptors (Lipinski definition) is 6. The minimum atomic E-state index is -0.678. The van der Waals surface area contributed by atoms with E-state index < -0.39 is 9.85 Å². The van der Waals surface area contributed by atoms with E-state index in [1.165, 1.54) is 24.3 Å². The first-order valence-electron chi connectivity index (χ1n) is 8.55. The fourth-order valence-electron chi connectivity index (χ4n) is 3.12. The maximum absolute atomic E-state index is 13.0. The van der Waals surface area contributed by atoms with Crippen LogP contribution in [0, 0.1) is 26.0 Å². The zero-order valence-corrected chi connectivity index (χ0v) is 14.8. The molecule has 10 heteroatoms. The lowest BCUT2D eigenvalue weighted by atomic mass is 10.1. The number of halogens is 1. The second kappa shape index (κ2) is 7.99. The van der Waals surface area contributed by atoms with Gasteiger partial charge in [-0.2, -0.15) is 0 Å². The summed E-state index contributed by atoms with van der Waals surface area (Å²) < 4.78 is 13.0. The fourth-order valence-corrected chi connectivity index (χ4v) is 3.12. The number of benzene rings is 2. The van der Waals surface area contributed by atoms with E-state index in [1.54, 1.807) is 21.9 Å². The molecule has 2 aromatic carbocycles. The molecule has 0 unspecified atom stereocenters. The highest BCUT2D eigenvalue weighted by Gasteiger charge is 2.27. The van der Waals surface area contributed by atoms with Crippen LogP contribution in [-0.4, -0.2) is 46.8 Å². The molecule has 146 valence electrons. The number of carbonyl (C=O) groups excluding carboxylic acids is 1. The van der Waals surface area contributed by atoms with Gasteiger partial charge in [0.15, 0.2) is 0 Å². The second-order valence-corrected chi connectivity index (χ2v) is 6.36. The Morgan fingerprint density at radius 1 is 0.964 bits per heavy atom. The topological polar surface area (TPSA) is 110 Å². The summed E-state index contributed by atoms with van der Waals surface area (Å²) >= 11 is 0. The predicted octanol–water partition coefficient (Wildman–Crippen LogP) is 2.53. The number of anilines is 1. The van der Waals surface area contributed by atoms with Gasteiger partial charge in [-0.25, -0.2) is 4.39 Å². The lowest BCUT2D eigenvalue weighted by Crippen LogP contribution is -2.49. The van der Waals surface area contributed by atoms with Crippen LogP contribution < -0.4 is 4.90 Å². The Labute approximate surface area is 159 Å². The minimum absolute atomic E-state index is 0.107. The molecule has 1 heterocycles. The van der Waals surface area contributed by atoms with Gasteiger partial charge in [0.25, 0.3) is 11.4 Å². The zero-order valence-electron chi connectivity index (χ0n) is 14.8. The van der Waals surface area contributed by atoms with Crippen LogP contribution in [0.5, 0.6) is 0 Å². The molecule has 1 aliphatic heterocycles. The summed E-state index contributed by atoms with van der Waals surface area (Å²) in [4.78, 5) is 36.6. The molecule has 2 aromatic rings. The number of nitro benzene ring substituents is 2. The van der Waals surface area contributed by atoms with Gasteiger partial charge < -0.3 is 9.80 Å². The van der Waals surface area contributed by atoms with E-state index >= 15 is 0 Å². The van der Waals surface area contributed by atoms with Crippen LogP contribution in [-0.2, 0) is 11.2 Å². The Balaban J connectivity index is 1.66. The van der Waals surface area contributed by atoms with Gasteiger partial charge in [-0.3, -0.25) is 25.0 Å². The summed E-state index contributed by atoms with van der Waals surface area (Å²) in [6, 6.07) is 9.26. The van der Waals surface area contributed by atoms with E-state index in [-0.39, 0.29) is 29.5 Å². The van der Waals surface area contributed by atoms with Crippen molar-refractivity contribution in [3.05, 3.63) is 74.1 Å². The number of carbonyl (C=O) groups is 1. The maximum Gasteiger partial charge on any atom is 0.299 e. The van der Waals surface area contributed by atoms with Gasteiger partial charge in [0.1, 0.15) is 11.5 Å². The van der Waals surface area contributed by atoms with E-state index in [0.717, 1.165) is 6.07 Å². The highest BCUT2D eigenvalue weighted by atomic mass is 19.1. The molecule has 0 N–H and O–H groups in total. The van der Waals surface area contributed by atoms with Crippen LogP contribution in [0.2, 0.25) is 0 Å². The van der Waals surface area contributed by atoms with Crippen LogP contribution in [0.3, 0.4) is 0 Å². The molecule has 0 aliphatic carbocycles. The molecule has 9 nitrogen and oxygen atoms in total. The number of hydrogen-bond donors (Lipinski definition) is 0. The SMILES string of the molecule is O=C(Cc1ccc(F)cc1)N1CCN(c2ccc([N+](=O)[O-])cc2[N+](=O)[O-])CC1. The van der Waals surface area contributed by atoms with Crippen molar-refractivity contribution in [2.24, 2.45) is 0 Å². The smallest absolute Gasteiger partial charge is 0.299 e. The Bertz CT molecular complexity index is 911. The molecule has 0 aromatic heterocycles. The third-order valence-electron chi connectivity index (χ3n) is 4.61. The lowest BCUT2D eigenvalue weighted by molar-refractivity contribution is -0.393. The van der Waals surface area contributed by atoms with Crippen molar-refractivity contribution >= 4 is 23.0 Å². The molecule has 1 saturated heterocycles. The Kier molecular flexibility index (Phi) is 5.48. The molecule has 0 spiro atoms. The maximum atomic E-state index is 13.0. The normalized spacial score (nSPS) is 14.0. The van der Waals surface area contributed by atoms with Gasteiger partial charge in [-0.15, -0.1) is 0 Å². The Morgan fingerprint density at radius 3 is 2.18 bits per heavy atom. The number of piperazine rings is 1. The molecule has 0 radical (unpaired) electrons. The van der Waals surface area contributed by atoms with Crippen LogP contribution in [0.25, 0.3) is 0 Å². The summed E-state index contributed by atoms with van der Waals surface area (Å²) in [5.74, 6) is -0.473. The van der Waals surface area contributed by atoms with Gasteiger partial charge >= 0.3 is 0 Å². The molecule has 0 bridgehead atoms. The van der Waals surface area contributed by atoms with Crippen molar-refractivity contribution in [1.82, 2.24) is 4.90 Å². The number of rotatable bonds is 5. The van der Waals surface area contributed by atoms with Gasteiger partial charge in [-0.1, -0.05) is 12.1 Å². The highest BCUT2D eigenvalue weighted by Crippen LogP contribution is 2.32. The van der Waals surface area contributed by atoms with E-state index in [1.807, 2.05) is 0 Å². The van der Waals surface area contributed by atoms with Crippen molar-refractivity contribution in [1.29, 1.82) is 0 Å². The van der Waals surface area contributed by atoms with Crippen molar-refractivity contribution in [3.63, 3.8) is 0 Å². The van der Waals surface area contributed by atoms with Crippen LogP contribution in [0.4, 0.5) is 21.5 Å². The van der Waals surface area contributed by atoms with Crippen LogP contribution in [0.1, 0.15) is 5.56 Å². The third-order valence-corrected chi connectivity index (χ3v) is 4.61. The largest absolute Gasteiger partial charge is 0.362 e. The highest BCUT2D eigenvalue weighted by molar-refractivity contribution is 5.79. The Morgan fingerprint density at radius 2 is 1.61 bits per heavy atom. The van der Waals surface area contributed by atoms with Gasteiger partial charge in [0.05, 0.1) is 22.3 Å². The number of nitro groups is 2. The predicted molar refractivity (Wildman–Crippen MR) is 98.6 cm³/mol. The first kappa shape index (κ1) is 19.2. The average molecular weight is 388 g/mol. The Hall–Kier alpha value is -3.56. The molecule has 1 fully saturated rings. The molecule has 0 atom stereocenters. The summed E-state index contributed by atoms with van der Waals surface area (Å²) in [6.07, 6.45) is 0.151. The van der Waals surface area contributed by atoms with Gasteiger partial charge in [-0.05, 0) is 23.8 Å². The monoisotopic (exact) mass is 388 g/mol. The van der Waals surface area contributed by atoms with Crippen molar-refractivity contribution in [2.75, 3.05) is 31.1 Å². The zero-order chi connectivity index (χ0) is 20.3. The van der Waals surface area contributed by atoms with E-state index in [2.05, 4.69) is 0 Å².